The number of rotatable bonds is 6. The van der Waals surface area contributed by atoms with Crippen molar-refractivity contribution in [3.8, 4) is 0 Å². The van der Waals surface area contributed by atoms with E-state index in [1.165, 1.54) is 0 Å². The van der Waals surface area contributed by atoms with Crippen molar-refractivity contribution in [3.05, 3.63) is 10.7 Å². The molecule has 16 heavy (non-hydrogen) atoms. The number of carbonyl (C=O) groups is 2. The van der Waals surface area contributed by atoms with E-state index >= 15 is 0 Å². The van der Waals surface area contributed by atoms with Crippen molar-refractivity contribution in [2.24, 2.45) is 5.73 Å². The molecule has 0 fully saturated rings. The van der Waals surface area contributed by atoms with Crippen LogP contribution in [0.1, 0.15) is 26.7 Å². The van der Waals surface area contributed by atoms with Crippen LogP contribution in [-0.2, 0) is 19.1 Å². The van der Waals surface area contributed by atoms with Crippen LogP contribution in [0.2, 0.25) is 0 Å². The van der Waals surface area contributed by atoms with Gasteiger partial charge in [0.2, 0.25) is 0 Å². The van der Waals surface area contributed by atoms with Crippen LogP contribution in [0, 0.1) is 0 Å². The Morgan fingerprint density at radius 1 is 1.06 bits per heavy atom. The Bertz CT molecular complexity index is 261. The highest BCUT2D eigenvalue weighted by Crippen LogP contribution is 2.09. The topological polar surface area (TPSA) is 78.6 Å². The fraction of sp³-hybridized carbons (Fsp3) is 0.600. The van der Waals surface area contributed by atoms with E-state index in [0.717, 1.165) is 0 Å². The second-order valence-electron chi connectivity index (χ2n) is 3.00. The van der Waals surface area contributed by atoms with Gasteiger partial charge in [-0.1, -0.05) is 25.4 Å². The van der Waals surface area contributed by atoms with E-state index in [2.05, 4.69) is 0 Å². The minimum absolute atomic E-state index is 0.229. The molecular weight excluding hydrogens is 234 g/mol. The van der Waals surface area contributed by atoms with Gasteiger partial charge in [-0.05, 0) is 12.8 Å². The molecule has 0 aromatic carbocycles. The predicted octanol–water partition coefficient (Wildman–Crippen LogP) is 1.30. The Hall–Kier alpha value is -1.23. The molecule has 0 spiro atoms. The Morgan fingerprint density at radius 3 is 1.94 bits per heavy atom. The van der Waals surface area contributed by atoms with Gasteiger partial charge in [-0.25, -0.2) is 9.59 Å². The molecule has 0 heterocycles. The lowest BCUT2D eigenvalue weighted by atomic mass is 10.4. The van der Waals surface area contributed by atoms with E-state index in [0.29, 0.717) is 12.8 Å². The molecule has 0 aliphatic rings. The molecule has 0 rings (SSSR count). The van der Waals surface area contributed by atoms with Crippen LogP contribution < -0.4 is 5.73 Å². The molecule has 0 aliphatic carbocycles. The maximum atomic E-state index is 11.2. The van der Waals surface area contributed by atoms with Gasteiger partial charge in [0.1, 0.15) is 5.70 Å². The van der Waals surface area contributed by atoms with Crippen LogP contribution >= 0.6 is 11.6 Å². The number of hydrogen-bond donors (Lipinski definition) is 1. The third-order valence-corrected chi connectivity index (χ3v) is 1.87. The normalized spacial score (nSPS) is 11.7. The van der Waals surface area contributed by atoms with Crippen LogP contribution in [0.25, 0.3) is 0 Å². The van der Waals surface area contributed by atoms with Crippen molar-refractivity contribution in [1.82, 2.24) is 0 Å². The molecule has 0 aromatic rings. The molecule has 2 N–H and O–H groups in total. The molecule has 0 bridgehead atoms. The molecule has 0 aromatic heterocycles. The van der Waals surface area contributed by atoms with Crippen molar-refractivity contribution >= 4 is 23.5 Å². The zero-order chi connectivity index (χ0) is 12.6. The van der Waals surface area contributed by atoms with Crippen molar-refractivity contribution in [3.63, 3.8) is 0 Å². The number of nitrogens with two attached hydrogens (primary N) is 1. The van der Waals surface area contributed by atoms with Gasteiger partial charge in [-0.3, -0.25) is 0 Å². The van der Waals surface area contributed by atoms with E-state index in [-0.39, 0.29) is 13.2 Å². The summed E-state index contributed by atoms with van der Waals surface area (Å²) in [4.78, 5) is 22.4. The number of halogens is 1. The maximum Gasteiger partial charge on any atom is 0.356 e. The summed E-state index contributed by atoms with van der Waals surface area (Å²) in [5.74, 6) is -1.62. The second-order valence-corrected chi connectivity index (χ2v) is 3.38. The van der Waals surface area contributed by atoms with Crippen molar-refractivity contribution in [1.29, 1.82) is 0 Å². The summed E-state index contributed by atoms with van der Waals surface area (Å²) in [6.45, 7) is 4.13. The van der Waals surface area contributed by atoms with E-state index in [9.17, 15) is 9.59 Å². The number of esters is 2. The van der Waals surface area contributed by atoms with Gasteiger partial charge in [0, 0.05) is 0 Å². The summed E-state index contributed by atoms with van der Waals surface area (Å²) >= 11 is 5.57. The van der Waals surface area contributed by atoms with Gasteiger partial charge >= 0.3 is 11.9 Å². The molecule has 0 radical (unpaired) electrons. The third-order valence-electron chi connectivity index (χ3n) is 1.51. The molecule has 6 heteroatoms. The smallest absolute Gasteiger partial charge is 0.356 e. The van der Waals surface area contributed by atoms with Crippen LogP contribution in [0.15, 0.2) is 10.7 Å². The Balaban J connectivity index is 4.43. The van der Waals surface area contributed by atoms with Gasteiger partial charge in [-0.2, -0.15) is 0 Å². The summed E-state index contributed by atoms with van der Waals surface area (Å²) in [7, 11) is 0. The fourth-order valence-electron chi connectivity index (χ4n) is 0.730. The molecule has 0 saturated heterocycles. The van der Waals surface area contributed by atoms with Gasteiger partial charge in [-0.15, -0.1) is 0 Å². The molecule has 0 saturated carbocycles. The molecule has 92 valence electrons. The van der Waals surface area contributed by atoms with Crippen LogP contribution in [-0.4, -0.2) is 25.2 Å². The predicted molar refractivity (Wildman–Crippen MR) is 59.6 cm³/mol. The standard InChI is InChI=1S/C10H16ClNO4/c1-3-5-15-9(13)7(11)8(12)10(14)16-6-4-2/h3-6,12H2,1-2H3/b8-7-. The number of hydrogen-bond acceptors (Lipinski definition) is 5. The lowest BCUT2D eigenvalue weighted by Crippen LogP contribution is -2.20. The Kier molecular flexibility index (Phi) is 7.37. The average molecular weight is 250 g/mol. The first-order valence-corrected chi connectivity index (χ1v) is 5.41. The fourth-order valence-corrected chi connectivity index (χ4v) is 0.862. The average Bonchev–Trinajstić information content (AvgIpc) is 2.30. The zero-order valence-electron chi connectivity index (χ0n) is 9.42. The first-order chi connectivity index (χ1) is 7.54. The minimum Gasteiger partial charge on any atom is -0.461 e. The quantitative estimate of drug-likeness (QED) is 0.567. The Morgan fingerprint density at radius 2 is 1.50 bits per heavy atom. The zero-order valence-corrected chi connectivity index (χ0v) is 10.2. The van der Waals surface area contributed by atoms with E-state index < -0.39 is 22.7 Å². The maximum absolute atomic E-state index is 11.2. The van der Waals surface area contributed by atoms with E-state index in [4.69, 9.17) is 26.8 Å². The van der Waals surface area contributed by atoms with Crippen molar-refractivity contribution < 1.29 is 19.1 Å². The second kappa shape index (κ2) is 7.98. The first-order valence-electron chi connectivity index (χ1n) is 5.04. The highest BCUT2D eigenvalue weighted by atomic mass is 35.5. The molecule has 0 amide bonds. The molecule has 5 nitrogen and oxygen atoms in total. The van der Waals surface area contributed by atoms with Gasteiger partial charge < -0.3 is 15.2 Å². The summed E-state index contributed by atoms with van der Waals surface area (Å²) < 4.78 is 9.43. The van der Waals surface area contributed by atoms with Gasteiger partial charge in [0.15, 0.2) is 5.03 Å². The molecule has 0 aliphatic heterocycles. The third kappa shape index (κ3) is 5.02. The highest BCUT2D eigenvalue weighted by molar-refractivity contribution is 6.43. The summed E-state index contributed by atoms with van der Waals surface area (Å²) in [6.07, 6.45) is 1.33. The van der Waals surface area contributed by atoms with Crippen LogP contribution in [0.4, 0.5) is 0 Å². The van der Waals surface area contributed by atoms with Gasteiger partial charge in [0.05, 0.1) is 13.2 Å². The van der Waals surface area contributed by atoms with Crippen LogP contribution in [0.3, 0.4) is 0 Å². The highest BCUT2D eigenvalue weighted by Gasteiger charge is 2.18. The lowest BCUT2D eigenvalue weighted by Gasteiger charge is -2.06. The van der Waals surface area contributed by atoms with Crippen molar-refractivity contribution in [2.75, 3.05) is 13.2 Å². The van der Waals surface area contributed by atoms with Crippen LogP contribution in [0.5, 0.6) is 0 Å². The summed E-state index contributed by atoms with van der Waals surface area (Å²) in [6, 6.07) is 0. The molecular formula is C10H16ClNO4. The lowest BCUT2D eigenvalue weighted by molar-refractivity contribution is -0.141. The summed E-state index contributed by atoms with van der Waals surface area (Å²) in [5, 5.41) is -0.436. The minimum atomic E-state index is -0.811. The Labute approximate surface area is 99.5 Å². The largest absolute Gasteiger partial charge is 0.461 e. The van der Waals surface area contributed by atoms with Gasteiger partial charge in [0.25, 0.3) is 0 Å². The first kappa shape index (κ1) is 14.8. The number of ether oxygens (including phenoxy) is 2. The monoisotopic (exact) mass is 249 g/mol. The van der Waals surface area contributed by atoms with E-state index in [1.807, 2.05) is 13.8 Å². The number of carbonyl (C=O) groups excluding carboxylic acids is 2. The summed E-state index contributed by atoms with van der Waals surface area (Å²) in [5.41, 5.74) is 4.93. The van der Waals surface area contributed by atoms with E-state index in [1.54, 1.807) is 0 Å². The van der Waals surface area contributed by atoms with Crippen molar-refractivity contribution in [2.45, 2.75) is 26.7 Å². The SMILES string of the molecule is CCCOC(=O)/C(N)=C(/Cl)C(=O)OCCC. The molecule has 0 atom stereocenters. The molecule has 0 unspecified atom stereocenters.